The van der Waals surface area contributed by atoms with Crippen LogP contribution in [0.2, 0.25) is 5.02 Å². The summed E-state index contributed by atoms with van der Waals surface area (Å²) < 4.78 is 10.9. The molecule has 1 heterocycles. The number of fused-ring (bicyclic) bond motifs is 1. The van der Waals surface area contributed by atoms with E-state index in [1.54, 1.807) is 11.0 Å². The molecule has 7 heteroatoms. The van der Waals surface area contributed by atoms with Crippen molar-refractivity contribution in [3.05, 3.63) is 94.5 Å². The third-order valence-corrected chi connectivity index (χ3v) is 6.81. The van der Waals surface area contributed by atoms with Crippen LogP contribution in [0.4, 0.5) is 0 Å². The van der Waals surface area contributed by atoms with Crippen molar-refractivity contribution in [2.24, 2.45) is 0 Å². The highest BCUT2D eigenvalue weighted by molar-refractivity contribution is 6.30. The summed E-state index contributed by atoms with van der Waals surface area (Å²) >= 11 is 6.25. The number of halogens is 1. The summed E-state index contributed by atoms with van der Waals surface area (Å²) in [5, 5.41) is 3.69. The van der Waals surface area contributed by atoms with E-state index >= 15 is 0 Å². The number of nitrogens with one attached hydrogen (secondary N) is 1. The van der Waals surface area contributed by atoms with E-state index in [1.807, 2.05) is 80.6 Å². The van der Waals surface area contributed by atoms with Gasteiger partial charge in [0.1, 0.15) is 6.04 Å². The quantitative estimate of drug-likeness (QED) is 0.359. The zero-order valence-electron chi connectivity index (χ0n) is 21.3. The van der Waals surface area contributed by atoms with E-state index in [9.17, 15) is 9.59 Å². The van der Waals surface area contributed by atoms with Crippen molar-refractivity contribution in [3.8, 4) is 11.5 Å². The van der Waals surface area contributed by atoms with Crippen molar-refractivity contribution >= 4 is 23.4 Å². The minimum Gasteiger partial charge on any atom is -0.454 e. The number of carbonyl (C=O) groups excluding carboxylic acids is 2. The number of nitrogens with zero attached hydrogens (tertiary/aromatic N) is 1. The molecular weight excluding hydrogens is 488 g/mol. The van der Waals surface area contributed by atoms with Gasteiger partial charge in [0, 0.05) is 30.5 Å². The Morgan fingerprint density at radius 1 is 0.946 bits per heavy atom. The van der Waals surface area contributed by atoms with E-state index in [1.165, 1.54) is 0 Å². The summed E-state index contributed by atoms with van der Waals surface area (Å²) in [6, 6.07) is 22.3. The van der Waals surface area contributed by atoms with Crippen LogP contribution in [-0.4, -0.2) is 35.6 Å². The van der Waals surface area contributed by atoms with E-state index < -0.39 is 6.04 Å². The first-order chi connectivity index (χ1) is 17.9. The largest absolute Gasteiger partial charge is 0.454 e. The SMILES string of the molecule is CC[C@H](C)NC(=O)[C@@H](Cc1ccccc1)N(Cc1cccc(Cl)c1)C(=O)CCc1ccc2c(c1)OCO2. The number of amides is 2. The molecule has 0 radical (unpaired) electrons. The molecule has 2 atom stereocenters. The van der Waals surface area contributed by atoms with Gasteiger partial charge >= 0.3 is 0 Å². The number of hydrogen-bond acceptors (Lipinski definition) is 4. The fourth-order valence-electron chi connectivity index (χ4n) is 4.32. The number of hydrogen-bond donors (Lipinski definition) is 1. The highest BCUT2D eigenvalue weighted by Crippen LogP contribution is 2.33. The van der Waals surface area contributed by atoms with Gasteiger partial charge in [-0.05, 0) is 60.7 Å². The van der Waals surface area contributed by atoms with Crippen LogP contribution in [0.1, 0.15) is 43.4 Å². The zero-order chi connectivity index (χ0) is 26.2. The second kappa shape index (κ2) is 12.6. The van der Waals surface area contributed by atoms with Crippen LogP contribution in [0.15, 0.2) is 72.8 Å². The monoisotopic (exact) mass is 520 g/mol. The molecular formula is C30H33ClN2O4. The number of ether oxygens (including phenoxy) is 2. The molecule has 0 saturated heterocycles. The zero-order valence-corrected chi connectivity index (χ0v) is 22.0. The third kappa shape index (κ3) is 7.26. The van der Waals surface area contributed by atoms with Gasteiger partial charge in [-0.1, -0.05) is 67.1 Å². The highest BCUT2D eigenvalue weighted by atomic mass is 35.5. The van der Waals surface area contributed by atoms with Gasteiger partial charge in [-0.3, -0.25) is 9.59 Å². The maximum Gasteiger partial charge on any atom is 0.243 e. The van der Waals surface area contributed by atoms with Crippen molar-refractivity contribution in [3.63, 3.8) is 0 Å². The molecule has 1 aliphatic rings. The predicted molar refractivity (Wildman–Crippen MR) is 145 cm³/mol. The Kier molecular flexibility index (Phi) is 9.07. The normalized spacial score (nSPS) is 13.6. The average molecular weight is 521 g/mol. The Labute approximate surface area is 223 Å². The molecule has 0 unspecified atom stereocenters. The van der Waals surface area contributed by atoms with Crippen LogP contribution < -0.4 is 14.8 Å². The molecule has 0 fully saturated rings. The summed E-state index contributed by atoms with van der Waals surface area (Å²) in [5.74, 6) is 1.15. The van der Waals surface area contributed by atoms with Crippen molar-refractivity contribution < 1.29 is 19.1 Å². The second-order valence-electron chi connectivity index (χ2n) is 9.36. The number of rotatable bonds is 11. The fraction of sp³-hybridized carbons (Fsp3) is 0.333. The highest BCUT2D eigenvalue weighted by Gasteiger charge is 2.31. The minimum absolute atomic E-state index is 0.00234. The van der Waals surface area contributed by atoms with Crippen molar-refractivity contribution in [1.29, 1.82) is 0 Å². The molecule has 194 valence electrons. The minimum atomic E-state index is -0.667. The first-order valence-corrected chi connectivity index (χ1v) is 13.1. The third-order valence-electron chi connectivity index (χ3n) is 6.58. The number of aryl methyl sites for hydroxylation is 1. The van der Waals surface area contributed by atoms with Gasteiger partial charge in [0.05, 0.1) is 0 Å². The average Bonchev–Trinajstić information content (AvgIpc) is 3.38. The molecule has 6 nitrogen and oxygen atoms in total. The van der Waals surface area contributed by atoms with Crippen LogP contribution in [0, 0.1) is 0 Å². The Balaban J connectivity index is 1.60. The van der Waals surface area contributed by atoms with E-state index in [0.29, 0.717) is 29.4 Å². The van der Waals surface area contributed by atoms with E-state index in [2.05, 4.69) is 5.32 Å². The van der Waals surface area contributed by atoms with E-state index in [-0.39, 0.29) is 37.6 Å². The Hall–Kier alpha value is -3.51. The van der Waals surface area contributed by atoms with Gasteiger partial charge in [0.15, 0.2) is 11.5 Å². The maximum absolute atomic E-state index is 13.8. The molecule has 1 N–H and O–H groups in total. The molecule has 0 saturated carbocycles. The lowest BCUT2D eigenvalue weighted by atomic mass is 10.0. The molecule has 4 rings (SSSR count). The molecule has 3 aromatic rings. The molecule has 37 heavy (non-hydrogen) atoms. The first kappa shape index (κ1) is 26.6. The van der Waals surface area contributed by atoms with E-state index in [4.69, 9.17) is 21.1 Å². The van der Waals surface area contributed by atoms with Crippen LogP contribution >= 0.6 is 11.6 Å². The van der Waals surface area contributed by atoms with Gasteiger partial charge in [-0.2, -0.15) is 0 Å². The number of benzene rings is 3. The lowest BCUT2D eigenvalue weighted by Gasteiger charge is -2.32. The first-order valence-electron chi connectivity index (χ1n) is 12.7. The predicted octanol–water partition coefficient (Wildman–Crippen LogP) is 5.56. The maximum atomic E-state index is 13.8. The fourth-order valence-corrected chi connectivity index (χ4v) is 4.53. The molecule has 0 aromatic heterocycles. The smallest absolute Gasteiger partial charge is 0.243 e. The lowest BCUT2D eigenvalue weighted by Crippen LogP contribution is -2.52. The molecule has 3 aromatic carbocycles. The number of carbonyl (C=O) groups is 2. The van der Waals surface area contributed by atoms with Crippen LogP contribution in [0.3, 0.4) is 0 Å². The molecule has 0 aliphatic carbocycles. The Morgan fingerprint density at radius 2 is 1.70 bits per heavy atom. The summed E-state index contributed by atoms with van der Waals surface area (Å²) in [6.07, 6.45) is 1.99. The van der Waals surface area contributed by atoms with Crippen LogP contribution in [0.5, 0.6) is 11.5 Å². The second-order valence-corrected chi connectivity index (χ2v) is 9.80. The van der Waals surface area contributed by atoms with Crippen LogP contribution in [0.25, 0.3) is 0 Å². The van der Waals surface area contributed by atoms with Gasteiger partial charge in [-0.15, -0.1) is 0 Å². The molecule has 0 spiro atoms. The topological polar surface area (TPSA) is 67.9 Å². The lowest BCUT2D eigenvalue weighted by molar-refractivity contribution is -0.141. The Bertz CT molecular complexity index is 1220. The van der Waals surface area contributed by atoms with Crippen LogP contribution in [-0.2, 0) is 29.0 Å². The van der Waals surface area contributed by atoms with Crippen molar-refractivity contribution in [2.75, 3.05) is 6.79 Å². The Morgan fingerprint density at radius 3 is 2.46 bits per heavy atom. The molecule has 2 amide bonds. The standard InChI is InChI=1S/C30H33ClN2O4/c1-3-21(2)32-30(35)26(17-22-8-5-4-6-9-22)33(19-24-10-7-11-25(31)16-24)29(34)15-13-23-12-14-27-28(18-23)37-20-36-27/h4-12,14,16,18,21,26H,3,13,15,17,19-20H2,1-2H3,(H,32,35)/t21-,26+/m0/s1. The molecule has 0 bridgehead atoms. The summed E-state index contributed by atoms with van der Waals surface area (Å²) in [7, 11) is 0. The van der Waals surface area contributed by atoms with Crippen molar-refractivity contribution in [1.82, 2.24) is 10.2 Å². The van der Waals surface area contributed by atoms with Gasteiger partial charge < -0.3 is 19.7 Å². The van der Waals surface area contributed by atoms with Gasteiger partial charge in [-0.25, -0.2) is 0 Å². The summed E-state index contributed by atoms with van der Waals surface area (Å²) in [5.41, 5.74) is 2.84. The van der Waals surface area contributed by atoms with E-state index in [0.717, 1.165) is 23.1 Å². The van der Waals surface area contributed by atoms with Gasteiger partial charge in [0.2, 0.25) is 18.6 Å². The molecule has 1 aliphatic heterocycles. The summed E-state index contributed by atoms with van der Waals surface area (Å²) in [6.45, 7) is 4.49. The summed E-state index contributed by atoms with van der Waals surface area (Å²) in [4.78, 5) is 29.0. The van der Waals surface area contributed by atoms with Crippen molar-refractivity contribution in [2.45, 2.75) is 58.2 Å². The van der Waals surface area contributed by atoms with Gasteiger partial charge in [0.25, 0.3) is 0 Å².